The maximum Gasteiger partial charge on any atom is 0.259 e. The number of hydrogen-bond acceptors (Lipinski definition) is 4. The van der Waals surface area contributed by atoms with Gasteiger partial charge in [0, 0.05) is 17.9 Å². The molecule has 0 bridgehead atoms. The Kier molecular flexibility index (Phi) is 4.98. The van der Waals surface area contributed by atoms with E-state index in [4.69, 9.17) is 4.74 Å². The molecule has 23 heavy (non-hydrogen) atoms. The van der Waals surface area contributed by atoms with Gasteiger partial charge in [-0.05, 0) is 36.8 Å². The zero-order valence-electron chi connectivity index (χ0n) is 12.9. The molecule has 1 heterocycles. The molecule has 0 N–H and O–H groups in total. The molecule has 0 unspecified atom stereocenters. The van der Waals surface area contributed by atoms with Crippen molar-refractivity contribution < 1.29 is 9.53 Å². The molecule has 0 spiro atoms. The van der Waals surface area contributed by atoms with Crippen LogP contribution in [0.5, 0.6) is 5.75 Å². The number of para-hydroxylation sites is 1. The third-order valence-corrected chi connectivity index (χ3v) is 4.59. The van der Waals surface area contributed by atoms with Crippen LogP contribution in [0.25, 0.3) is 0 Å². The van der Waals surface area contributed by atoms with Crippen LogP contribution in [-0.4, -0.2) is 35.4 Å². The standard InChI is InChI=1S/C18H18N2O2S/c1-22-16-10-5-7-14(13-16)17(21)20-11-6-12-23-18(20)19-15-8-3-2-4-9-15/h2-5,7-10,13H,6,11-12H2,1H3. The van der Waals surface area contributed by atoms with Crippen LogP contribution in [0.15, 0.2) is 59.6 Å². The first-order chi connectivity index (χ1) is 11.3. The molecule has 1 fully saturated rings. The molecule has 0 aliphatic carbocycles. The van der Waals surface area contributed by atoms with Gasteiger partial charge in [-0.15, -0.1) is 0 Å². The Morgan fingerprint density at radius 2 is 2.00 bits per heavy atom. The summed E-state index contributed by atoms with van der Waals surface area (Å²) in [7, 11) is 1.60. The van der Waals surface area contributed by atoms with Gasteiger partial charge in [0.1, 0.15) is 5.75 Å². The zero-order chi connectivity index (χ0) is 16.1. The lowest BCUT2D eigenvalue weighted by molar-refractivity contribution is 0.0849. The Balaban J connectivity index is 1.89. The van der Waals surface area contributed by atoms with Crippen LogP contribution >= 0.6 is 11.8 Å². The number of nitrogens with zero attached hydrogens (tertiary/aromatic N) is 2. The number of carbonyl (C=O) groups is 1. The number of hydrogen-bond donors (Lipinski definition) is 0. The molecule has 1 saturated heterocycles. The average molecular weight is 326 g/mol. The highest BCUT2D eigenvalue weighted by atomic mass is 32.2. The first-order valence-corrected chi connectivity index (χ1v) is 8.49. The zero-order valence-corrected chi connectivity index (χ0v) is 13.8. The van der Waals surface area contributed by atoms with Crippen LogP contribution in [0, 0.1) is 0 Å². The van der Waals surface area contributed by atoms with Gasteiger partial charge in [-0.25, -0.2) is 4.99 Å². The van der Waals surface area contributed by atoms with Crippen LogP contribution in [0.1, 0.15) is 16.8 Å². The minimum atomic E-state index is -0.0363. The molecular formula is C18H18N2O2S. The number of amidine groups is 1. The third-order valence-electron chi connectivity index (χ3n) is 3.53. The molecular weight excluding hydrogens is 308 g/mol. The number of benzene rings is 2. The van der Waals surface area contributed by atoms with Crippen LogP contribution in [0.3, 0.4) is 0 Å². The first-order valence-electron chi connectivity index (χ1n) is 7.50. The molecule has 2 aromatic carbocycles. The third kappa shape index (κ3) is 3.74. The molecule has 0 saturated carbocycles. The van der Waals surface area contributed by atoms with Crippen molar-refractivity contribution >= 4 is 28.5 Å². The molecule has 118 valence electrons. The van der Waals surface area contributed by atoms with Crippen molar-refractivity contribution in [2.24, 2.45) is 4.99 Å². The largest absolute Gasteiger partial charge is 0.497 e. The molecule has 5 heteroatoms. The maximum atomic E-state index is 12.8. The number of carbonyl (C=O) groups excluding carboxylic acids is 1. The second-order valence-electron chi connectivity index (χ2n) is 5.12. The summed E-state index contributed by atoms with van der Waals surface area (Å²) >= 11 is 1.62. The fraction of sp³-hybridized carbons (Fsp3) is 0.222. The van der Waals surface area contributed by atoms with Gasteiger partial charge < -0.3 is 4.74 Å². The molecule has 0 atom stereocenters. The highest BCUT2D eigenvalue weighted by Gasteiger charge is 2.25. The van der Waals surface area contributed by atoms with Crippen LogP contribution in [0.4, 0.5) is 5.69 Å². The van der Waals surface area contributed by atoms with E-state index in [2.05, 4.69) is 4.99 Å². The Morgan fingerprint density at radius 1 is 1.17 bits per heavy atom. The van der Waals surface area contributed by atoms with E-state index < -0.39 is 0 Å². The minimum absolute atomic E-state index is 0.0363. The summed E-state index contributed by atoms with van der Waals surface area (Å²) in [6.07, 6.45) is 0.966. The summed E-state index contributed by atoms with van der Waals surface area (Å²) in [5.41, 5.74) is 1.48. The molecule has 4 nitrogen and oxygen atoms in total. The van der Waals surface area contributed by atoms with E-state index in [1.165, 1.54) is 0 Å². The van der Waals surface area contributed by atoms with Gasteiger partial charge in [-0.2, -0.15) is 0 Å². The lowest BCUT2D eigenvalue weighted by Gasteiger charge is -2.28. The van der Waals surface area contributed by atoms with Crippen LogP contribution in [0.2, 0.25) is 0 Å². The molecule has 2 aromatic rings. The fourth-order valence-electron chi connectivity index (χ4n) is 2.37. The van der Waals surface area contributed by atoms with E-state index >= 15 is 0 Å². The highest BCUT2D eigenvalue weighted by molar-refractivity contribution is 8.13. The maximum absolute atomic E-state index is 12.8. The number of thioether (sulfide) groups is 1. The van der Waals surface area contributed by atoms with Crippen molar-refractivity contribution in [1.82, 2.24) is 4.90 Å². The van der Waals surface area contributed by atoms with E-state index in [1.54, 1.807) is 29.8 Å². The number of amides is 1. The quantitative estimate of drug-likeness (QED) is 0.857. The van der Waals surface area contributed by atoms with E-state index in [-0.39, 0.29) is 5.91 Å². The smallest absolute Gasteiger partial charge is 0.259 e. The average Bonchev–Trinajstić information content (AvgIpc) is 2.62. The Labute approximate surface area is 140 Å². The molecule has 3 rings (SSSR count). The SMILES string of the molecule is COc1cccc(C(=O)N2CCCSC2=Nc2ccccc2)c1. The minimum Gasteiger partial charge on any atom is -0.497 e. The van der Waals surface area contributed by atoms with E-state index in [1.807, 2.05) is 48.5 Å². The van der Waals surface area contributed by atoms with Gasteiger partial charge in [0.05, 0.1) is 12.8 Å². The van der Waals surface area contributed by atoms with Crippen LogP contribution < -0.4 is 4.74 Å². The Hall–Kier alpha value is -2.27. The number of aliphatic imine (C=N–C) groups is 1. The number of methoxy groups -OCH3 is 1. The van der Waals surface area contributed by atoms with Crippen LogP contribution in [-0.2, 0) is 0 Å². The molecule has 0 aromatic heterocycles. The van der Waals surface area contributed by atoms with E-state index in [9.17, 15) is 4.79 Å². The summed E-state index contributed by atoms with van der Waals surface area (Å²) in [4.78, 5) is 19.2. The fourth-order valence-corrected chi connectivity index (χ4v) is 3.32. The van der Waals surface area contributed by atoms with E-state index in [0.717, 1.165) is 23.0 Å². The van der Waals surface area contributed by atoms with Gasteiger partial charge in [-0.3, -0.25) is 9.69 Å². The Bertz CT molecular complexity index is 716. The molecule has 1 aliphatic rings. The van der Waals surface area contributed by atoms with E-state index in [0.29, 0.717) is 17.9 Å². The lowest BCUT2D eigenvalue weighted by Crippen LogP contribution is -2.39. The van der Waals surface area contributed by atoms with Gasteiger partial charge >= 0.3 is 0 Å². The summed E-state index contributed by atoms with van der Waals surface area (Å²) < 4.78 is 5.21. The monoisotopic (exact) mass is 326 g/mol. The van der Waals surface area contributed by atoms with Crippen molar-refractivity contribution in [3.8, 4) is 5.75 Å². The normalized spacial score (nSPS) is 16.4. The first kappa shape index (κ1) is 15.6. The van der Waals surface area contributed by atoms with Crippen molar-refractivity contribution in [3.05, 3.63) is 60.2 Å². The van der Waals surface area contributed by atoms with Gasteiger partial charge in [0.25, 0.3) is 5.91 Å². The second kappa shape index (κ2) is 7.33. The Morgan fingerprint density at radius 3 is 2.78 bits per heavy atom. The highest BCUT2D eigenvalue weighted by Crippen LogP contribution is 2.24. The molecule has 1 aliphatic heterocycles. The molecule has 0 radical (unpaired) electrons. The van der Waals surface area contributed by atoms with Crippen molar-refractivity contribution in [2.75, 3.05) is 19.4 Å². The summed E-state index contributed by atoms with van der Waals surface area (Å²) in [5.74, 6) is 1.63. The van der Waals surface area contributed by atoms with Crippen molar-refractivity contribution in [1.29, 1.82) is 0 Å². The topological polar surface area (TPSA) is 41.9 Å². The summed E-state index contributed by atoms with van der Waals surface area (Å²) in [6, 6.07) is 17.0. The second-order valence-corrected chi connectivity index (χ2v) is 6.18. The van der Waals surface area contributed by atoms with Gasteiger partial charge in [0.2, 0.25) is 0 Å². The van der Waals surface area contributed by atoms with Crippen molar-refractivity contribution in [2.45, 2.75) is 6.42 Å². The number of rotatable bonds is 3. The van der Waals surface area contributed by atoms with Gasteiger partial charge in [0.15, 0.2) is 5.17 Å². The molecule has 1 amide bonds. The van der Waals surface area contributed by atoms with Gasteiger partial charge in [-0.1, -0.05) is 36.0 Å². The predicted molar refractivity (Wildman–Crippen MR) is 94.6 cm³/mol. The number of ether oxygens (including phenoxy) is 1. The van der Waals surface area contributed by atoms with Crippen molar-refractivity contribution in [3.63, 3.8) is 0 Å². The lowest BCUT2D eigenvalue weighted by atomic mass is 10.2. The summed E-state index contributed by atoms with van der Waals surface area (Å²) in [6.45, 7) is 0.689. The predicted octanol–water partition coefficient (Wildman–Crippen LogP) is 3.96. The summed E-state index contributed by atoms with van der Waals surface area (Å²) in [5, 5.41) is 0.760.